The second-order valence-corrected chi connectivity index (χ2v) is 10.4. The van der Waals surface area contributed by atoms with Crippen molar-refractivity contribution in [1.29, 1.82) is 0 Å². The summed E-state index contributed by atoms with van der Waals surface area (Å²) < 4.78 is 2.48. The molecule has 2 aliphatic rings. The average Bonchev–Trinajstić information content (AvgIpc) is 3.56. The first-order valence-electron chi connectivity index (χ1n) is 12.4. The van der Waals surface area contributed by atoms with Crippen LogP contribution in [0, 0.1) is 0 Å². The first kappa shape index (κ1) is 19.2. The molecular formula is C33H24N2. The Hall–Kier alpha value is -4.17. The summed E-state index contributed by atoms with van der Waals surface area (Å²) in [6, 6.07) is 33.6. The van der Waals surface area contributed by atoms with Gasteiger partial charge < -0.3 is 4.57 Å². The summed E-state index contributed by atoms with van der Waals surface area (Å²) in [5, 5.41) is 5.23. The number of benzene rings is 5. The lowest BCUT2D eigenvalue weighted by atomic mass is 9.80. The summed E-state index contributed by atoms with van der Waals surface area (Å²) in [6.45, 7) is 4.76. The summed E-state index contributed by atoms with van der Waals surface area (Å²) in [4.78, 5) is 4.84. The van der Waals surface area contributed by atoms with Crippen LogP contribution in [-0.2, 0) is 11.8 Å². The topological polar surface area (TPSA) is 17.3 Å². The van der Waals surface area contributed by atoms with Crippen molar-refractivity contribution >= 4 is 44.5 Å². The van der Waals surface area contributed by atoms with E-state index in [1.165, 1.54) is 66.1 Å². The molecule has 0 saturated carbocycles. The minimum Gasteiger partial charge on any atom is -0.306 e. The van der Waals surface area contributed by atoms with Crippen molar-refractivity contribution in [3.8, 4) is 16.8 Å². The zero-order valence-electron chi connectivity index (χ0n) is 19.8. The lowest BCUT2D eigenvalue weighted by Gasteiger charge is -2.24. The molecule has 0 radical (unpaired) electrons. The second kappa shape index (κ2) is 6.49. The van der Waals surface area contributed by atoms with Crippen molar-refractivity contribution < 1.29 is 0 Å². The Labute approximate surface area is 204 Å². The van der Waals surface area contributed by atoms with Gasteiger partial charge in [0, 0.05) is 34.2 Å². The third-order valence-electron chi connectivity index (χ3n) is 8.20. The fraction of sp³-hybridized carbons (Fsp3) is 0.121. The normalized spacial score (nSPS) is 15.1. The SMILES string of the molecule is CC1(C)c2ccccc2-c2ccc3ccc4c5ccccc5n(-c5cccc6c5N=CC6)c4c3c21. The number of aliphatic imine (C=N–C) groups is 1. The maximum atomic E-state index is 4.84. The lowest BCUT2D eigenvalue weighted by molar-refractivity contribution is 0.666. The van der Waals surface area contributed by atoms with Crippen LogP contribution in [0.5, 0.6) is 0 Å². The van der Waals surface area contributed by atoms with Gasteiger partial charge in [0.2, 0.25) is 0 Å². The van der Waals surface area contributed by atoms with Crippen LogP contribution >= 0.6 is 0 Å². The summed E-state index contributed by atoms with van der Waals surface area (Å²) in [5.41, 5.74) is 11.6. The maximum Gasteiger partial charge on any atom is 0.0901 e. The standard InChI is InChI=1S/C33H24N2/c1-33(2)26-11-5-3-9-22(26)24-16-14-20-15-17-25-23-10-4-6-12-27(23)35(32(25)29(20)30(24)33)28-13-7-8-21-18-19-34-31(21)28/h3-17,19H,18H2,1-2H3. The van der Waals surface area contributed by atoms with Gasteiger partial charge >= 0.3 is 0 Å². The van der Waals surface area contributed by atoms with Gasteiger partial charge in [0.15, 0.2) is 0 Å². The van der Waals surface area contributed by atoms with E-state index in [0.717, 1.165) is 12.1 Å². The van der Waals surface area contributed by atoms with Gasteiger partial charge in [-0.1, -0.05) is 92.7 Å². The number of rotatable bonds is 1. The molecule has 0 saturated heterocycles. The largest absolute Gasteiger partial charge is 0.306 e. The summed E-state index contributed by atoms with van der Waals surface area (Å²) in [5.74, 6) is 0. The molecule has 5 aromatic carbocycles. The lowest BCUT2D eigenvalue weighted by Crippen LogP contribution is -2.15. The molecule has 35 heavy (non-hydrogen) atoms. The monoisotopic (exact) mass is 448 g/mol. The molecule has 2 nitrogen and oxygen atoms in total. The van der Waals surface area contributed by atoms with Crippen LogP contribution in [-0.4, -0.2) is 10.8 Å². The molecule has 0 N–H and O–H groups in total. The summed E-state index contributed by atoms with van der Waals surface area (Å²) >= 11 is 0. The first-order valence-corrected chi connectivity index (χ1v) is 12.4. The molecule has 1 aromatic heterocycles. The number of fused-ring (bicyclic) bond motifs is 10. The predicted octanol–water partition coefficient (Wildman–Crippen LogP) is 8.50. The smallest absolute Gasteiger partial charge is 0.0901 e. The minimum absolute atomic E-state index is 0.0855. The van der Waals surface area contributed by atoms with Crippen LogP contribution in [0.25, 0.3) is 49.4 Å². The maximum absolute atomic E-state index is 4.84. The third kappa shape index (κ3) is 2.32. The van der Waals surface area contributed by atoms with Crippen LogP contribution in [0.3, 0.4) is 0 Å². The van der Waals surface area contributed by atoms with E-state index >= 15 is 0 Å². The third-order valence-corrected chi connectivity index (χ3v) is 8.20. The Morgan fingerprint density at radius 2 is 1.57 bits per heavy atom. The van der Waals surface area contributed by atoms with Gasteiger partial charge in [-0.05, 0) is 45.3 Å². The molecule has 0 unspecified atom stereocenters. The highest BCUT2D eigenvalue weighted by Gasteiger charge is 2.37. The molecule has 6 aromatic rings. The van der Waals surface area contributed by atoms with Crippen LogP contribution < -0.4 is 0 Å². The Morgan fingerprint density at radius 3 is 2.51 bits per heavy atom. The second-order valence-electron chi connectivity index (χ2n) is 10.4. The van der Waals surface area contributed by atoms with E-state index in [2.05, 4.69) is 109 Å². The highest BCUT2D eigenvalue weighted by molar-refractivity contribution is 6.21. The van der Waals surface area contributed by atoms with Gasteiger partial charge in [0.05, 0.1) is 22.4 Å². The Morgan fingerprint density at radius 1 is 0.743 bits per heavy atom. The molecule has 0 amide bonds. The molecule has 1 aliphatic carbocycles. The van der Waals surface area contributed by atoms with Crippen LogP contribution in [0.2, 0.25) is 0 Å². The molecule has 0 atom stereocenters. The van der Waals surface area contributed by atoms with Gasteiger partial charge in [-0.2, -0.15) is 0 Å². The molecule has 0 fully saturated rings. The van der Waals surface area contributed by atoms with Gasteiger partial charge in [0.25, 0.3) is 0 Å². The molecule has 2 heterocycles. The highest BCUT2D eigenvalue weighted by Crippen LogP contribution is 2.53. The number of hydrogen-bond donors (Lipinski definition) is 0. The predicted molar refractivity (Wildman–Crippen MR) is 148 cm³/mol. The van der Waals surface area contributed by atoms with E-state index < -0.39 is 0 Å². The van der Waals surface area contributed by atoms with E-state index in [1.807, 2.05) is 6.21 Å². The molecule has 8 rings (SSSR count). The van der Waals surface area contributed by atoms with E-state index in [-0.39, 0.29) is 5.41 Å². The Bertz CT molecular complexity index is 1900. The molecule has 166 valence electrons. The van der Waals surface area contributed by atoms with Crippen LogP contribution in [0.4, 0.5) is 5.69 Å². The fourth-order valence-electron chi connectivity index (χ4n) is 6.69. The molecule has 2 heteroatoms. The first-order chi connectivity index (χ1) is 17.1. The van der Waals surface area contributed by atoms with Gasteiger partial charge in [-0.25, -0.2) is 0 Å². The zero-order valence-corrected chi connectivity index (χ0v) is 19.8. The summed E-state index contributed by atoms with van der Waals surface area (Å²) in [7, 11) is 0. The number of aromatic nitrogens is 1. The quantitative estimate of drug-likeness (QED) is 0.240. The number of hydrogen-bond acceptors (Lipinski definition) is 1. The molecule has 1 aliphatic heterocycles. The molecule has 0 spiro atoms. The van der Waals surface area contributed by atoms with Crippen molar-refractivity contribution in [1.82, 2.24) is 4.57 Å². The fourth-order valence-corrected chi connectivity index (χ4v) is 6.69. The molecule has 0 bridgehead atoms. The average molecular weight is 449 g/mol. The summed E-state index contributed by atoms with van der Waals surface area (Å²) in [6.07, 6.45) is 2.94. The van der Waals surface area contributed by atoms with E-state index in [1.54, 1.807) is 0 Å². The van der Waals surface area contributed by atoms with Gasteiger partial charge in [0.1, 0.15) is 0 Å². The Balaban J connectivity index is 1.64. The van der Waals surface area contributed by atoms with E-state index in [4.69, 9.17) is 4.99 Å². The Kier molecular flexibility index (Phi) is 3.55. The molecular weight excluding hydrogens is 424 g/mol. The van der Waals surface area contributed by atoms with Crippen molar-refractivity contribution in [2.75, 3.05) is 0 Å². The zero-order chi connectivity index (χ0) is 23.3. The van der Waals surface area contributed by atoms with Gasteiger partial charge in [-0.3, -0.25) is 4.99 Å². The van der Waals surface area contributed by atoms with Crippen molar-refractivity contribution in [3.63, 3.8) is 0 Å². The van der Waals surface area contributed by atoms with Crippen LogP contribution in [0.1, 0.15) is 30.5 Å². The highest BCUT2D eigenvalue weighted by atomic mass is 15.0. The number of nitrogens with zero attached hydrogens (tertiary/aromatic N) is 2. The van der Waals surface area contributed by atoms with Crippen molar-refractivity contribution in [2.24, 2.45) is 4.99 Å². The van der Waals surface area contributed by atoms with E-state index in [9.17, 15) is 0 Å². The number of para-hydroxylation sites is 2. The van der Waals surface area contributed by atoms with Crippen molar-refractivity contribution in [3.05, 3.63) is 108 Å². The van der Waals surface area contributed by atoms with Crippen molar-refractivity contribution in [2.45, 2.75) is 25.7 Å². The van der Waals surface area contributed by atoms with Crippen LogP contribution in [0.15, 0.2) is 96.0 Å². The minimum atomic E-state index is -0.0855. The van der Waals surface area contributed by atoms with Gasteiger partial charge in [-0.15, -0.1) is 0 Å². The van der Waals surface area contributed by atoms with E-state index in [0.29, 0.717) is 0 Å².